The smallest absolute Gasteiger partial charge is 0.286 e. The van der Waals surface area contributed by atoms with Gasteiger partial charge < -0.3 is 4.74 Å². The van der Waals surface area contributed by atoms with Gasteiger partial charge in [0, 0.05) is 23.7 Å². The van der Waals surface area contributed by atoms with Gasteiger partial charge in [-0.2, -0.15) is 5.10 Å². The highest BCUT2D eigenvalue weighted by molar-refractivity contribution is 7.16. The first-order valence-corrected chi connectivity index (χ1v) is 13.9. The van der Waals surface area contributed by atoms with Gasteiger partial charge >= 0.3 is 0 Å². The van der Waals surface area contributed by atoms with Crippen LogP contribution in [0.2, 0.25) is 10.0 Å². The fourth-order valence-corrected chi connectivity index (χ4v) is 5.78. The molecule has 0 bridgehead atoms. The number of hydrazine groups is 1. The molecule has 194 valence electrons. The molecule has 1 amide bonds. The third-order valence-corrected chi connectivity index (χ3v) is 7.74. The second-order valence-corrected chi connectivity index (χ2v) is 10.8. The molecule has 0 saturated carbocycles. The highest BCUT2D eigenvalue weighted by Gasteiger charge is 2.25. The van der Waals surface area contributed by atoms with Crippen molar-refractivity contribution in [1.82, 2.24) is 20.2 Å². The van der Waals surface area contributed by atoms with E-state index in [0.29, 0.717) is 21.4 Å². The van der Waals surface area contributed by atoms with Crippen LogP contribution in [0.15, 0.2) is 60.7 Å². The summed E-state index contributed by atoms with van der Waals surface area (Å²) >= 11 is 14.2. The fraction of sp³-hybridized carbons (Fsp3) is 0.241. The minimum atomic E-state index is -0.232. The number of thiophene rings is 1. The number of carbonyl (C=O) groups is 1. The summed E-state index contributed by atoms with van der Waals surface area (Å²) < 4.78 is 7.40. The minimum Gasteiger partial charge on any atom is -0.481 e. The number of hydrogen-bond acceptors (Lipinski definition) is 5. The van der Waals surface area contributed by atoms with Crippen LogP contribution in [0.3, 0.4) is 0 Å². The fourth-order valence-electron chi connectivity index (χ4n) is 4.32. The Morgan fingerprint density at radius 1 is 1.08 bits per heavy atom. The maximum absolute atomic E-state index is 13.3. The van der Waals surface area contributed by atoms with Crippen molar-refractivity contribution in [2.45, 2.75) is 26.2 Å². The molecule has 2 aromatic carbocycles. The Balaban J connectivity index is 1.45. The van der Waals surface area contributed by atoms with E-state index in [1.165, 1.54) is 17.8 Å². The molecule has 4 aromatic rings. The van der Waals surface area contributed by atoms with Crippen LogP contribution >= 0.6 is 34.5 Å². The number of hydrogen-bond donors (Lipinski definition) is 1. The van der Waals surface area contributed by atoms with Gasteiger partial charge in [-0.3, -0.25) is 10.2 Å². The molecule has 1 saturated heterocycles. The lowest BCUT2D eigenvalue weighted by atomic mass is 10.1. The zero-order valence-corrected chi connectivity index (χ0v) is 23.2. The summed E-state index contributed by atoms with van der Waals surface area (Å²) in [4.78, 5) is 15.1. The monoisotopic (exact) mass is 564 g/mol. The van der Waals surface area contributed by atoms with Crippen LogP contribution in [-0.2, 0) is 0 Å². The number of piperidine rings is 1. The first-order valence-electron chi connectivity index (χ1n) is 12.4. The number of para-hydroxylation sites is 1. The lowest BCUT2D eigenvalue weighted by Gasteiger charge is -2.26. The van der Waals surface area contributed by atoms with Gasteiger partial charge in [0.2, 0.25) is 0 Å². The van der Waals surface area contributed by atoms with Gasteiger partial charge in [-0.05, 0) is 62.2 Å². The predicted molar refractivity (Wildman–Crippen MR) is 153 cm³/mol. The standard InChI is InChI=1S/C29H26Cl2N4O2S/c1-20-27(29(36)33-34-16-6-3-7-17-34)32-35(25-14-12-21(30)19-24(25)31)28(20)26-15-13-23(38-26)11-8-18-37-22-9-4-2-5-10-22/h2,4-5,9-10,12-15,19H,3,6-7,16-18H2,1H3,(H,33,36). The van der Waals surface area contributed by atoms with Gasteiger partial charge in [0.25, 0.3) is 5.91 Å². The summed E-state index contributed by atoms with van der Waals surface area (Å²) in [5.41, 5.74) is 5.58. The first-order chi connectivity index (χ1) is 18.5. The van der Waals surface area contributed by atoms with Crippen molar-refractivity contribution in [3.63, 3.8) is 0 Å². The summed E-state index contributed by atoms with van der Waals surface area (Å²) in [6.45, 7) is 3.87. The highest BCUT2D eigenvalue weighted by atomic mass is 35.5. The molecule has 3 heterocycles. The van der Waals surface area contributed by atoms with Gasteiger partial charge in [-0.25, -0.2) is 9.69 Å². The van der Waals surface area contributed by atoms with E-state index in [1.807, 2.05) is 60.5 Å². The van der Waals surface area contributed by atoms with Crippen molar-refractivity contribution >= 4 is 40.4 Å². The number of benzene rings is 2. The van der Waals surface area contributed by atoms with Crippen molar-refractivity contribution in [2.75, 3.05) is 19.7 Å². The number of halogens is 2. The van der Waals surface area contributed by atoms with Gasteiger partial charge in [-0.15, -0.1) is 11.3 Å². The van der Waals surface area contributed by atoms with Gasteiger partial charge in [-0.1, -0.05) is 59.7 Å². The Kier molecular flexibility index (Phi) is 8.35. The number of amides is 1. The van der Waals surface area contributed by atoms with Gasteiger partial charge in [0.15, 0.2) is 5.69 Å². The summed E-state index contributed by atoms with van der Waals surface area (Å²) in [5, 5.41) is 7.67. The lowest BCUT2D eigenvalue weighted by molar-refractivity contribution is 0.0743. The van der Waals surface area contributed by atoms with Crippen molar-refractivity contribution in [1.29, 1.82) is 0 Å². The molecule has 1 aliphatic rings. The van der Waals surface area contributed by atoms with Crippen molar-refractivity contribution in [3.8, 4) is 33.8 Å². The number of rotatable bonds is 6. The average Bonchev–Trinajstić information content (AvgIpc) is 3.52. The van der Waals surface area contributed by atoms with E-state index in [-0.39, 0.29) is 12.5 Å². The third kappa shape index (κ3) is 6.06. The number of aromatic nitrogens is 2. The number of nitrogens with zero attached hydrogens (tertiary/aromatic N) is 3. The second kappa shape index (κ2) is 12.1. The molecule has 0 aliphatic carbocycles. The van der Waals surface area contributed by atoms with Crippen molar-refractivity contribution in [2.24, 2.45) is 0 Å². The van der Waals surface area contributed by atoms with E-state index >= 15 is 0 Å². The van der Waals surface area contributed by atoms with Gasteiger partial charge in [0.1, 0.15) is 12.4 Å². The Labute approximate surface area is 236 Å². The quantitative estimate of drug-likeness (QED) is 0.262. The summed E-state index contributed by atoms with van der Waals surface area (Å²) in [5.74, 6) is 6.79. The van der Waals surface area contributed by atoms with E-state index in [1.54, 1.807) is 16.8 Å². The Hall–Kier alpha value is -3.28. The average molecular weight is 566 g/mol. The normalized spacial score (nSPS) is 13.6. The Morgan fingerprint density at radius 3 is 2.63 bits per heavy atom. The predicted octanol–water partition coefficient (Wildman–Crippen LogP) is 6.78. The van der Waals surface area contributed by atoms with Crippen molar-refractivity contribution in [3.05, 3.63) is 86.8 Å². The van der Waals surface area contributed by atoms with E-state index in [9.17, 15) is 4.79 Å². The molecule has 0 spiro atoms. The molecule has 1 fully saturated rings. The topological polar surface area (TPSA) is 59.4 Å². The maximum Gasteiger partial charge on any atom is 0.286 e. The molecule has 38 heavy (non-hydrogen) atoms. The minimum absolute atomic E-state index is 0.232. The molecule has 2 aromatic heterocycles. The highest BCUT2D eigenvalue weighted by Crippen LogP contribution is 2.36. The summed E-state index contributed by atoms with van der Waals surface area (Å²) in [6, 6.07) is 18.8. The second-order valence-electron chi connectivity index (χ2n) is 8.89. The molecule has 0 radical (unpaired) electrons. The number of nitrogens with one attached hydrogen (secondary N) is 1. The molecule has 0 unspecified atom stereocenters. The summed E-state index contributed by atoms with van der Waals surface area (Å²) in [6.07, 6.45) is 3.31. The molecule has 0 atom stereocenters. The van der Waals surface area contributed by atoms with Crippen LogP contribution in [0.4, 0.5) is 0 Å². The van der Waals surface area contributed by atoms with E-state index in [0.717, 1.165) is 52.7 Å². The van der Waals surface area contributed by atoms with Crippen molar-refractivity contribution < 1.29 is 9.53 Å². The number of carbonyl (C=O) groups excluding carboxylic acids is 1. The molecule has 9 heteroatoms. The van der Waals surface area contributed by atoms with Crippen LogP contribution in [0, 0.1) is 18.8 Å². The van der Waals surface area contributed by atoms with Crippen LogP contribution in [0.25, 0.3) is 16.3 Å². The maximum atomic E-state index is 13.3. The van der Waals surface area contributed by atoms with Gasteiger partial charge in [0.05, 0.1) is 26.2 Å². The molecule has 6 nitrogen and oxygen atoms in total. The van der Waals surface area contributed by atoms with Crippen LogP contribution in [-0.4, -0.2) is 40.4 Å². The number of ether oxygens (including phenoxy) is 1. The zero-order chi connectivity index (χ0) is 26.5. The van der Waals surface area contributed by atoms with E-state index < -0.39 is 0 Å². The van der Waals surface area contributed by atoms with E-state index in [2.05, 4.69) is 17.3 Å². The largest absolute Gasteiger partial charge is 0.481 e. The molecule has 1 N–H and O–H groups in total. The summed E-state index contributed by atoms with van der Waals surface area (Å²) in [7, 11) is 0. The third-order valence-electron chi connectivity index (χ3n) is 6.20. The SMILES string of the molecule is Cc1c(C(=O)NN2CCCCC2)nn(-c2ccc(Cl)cc2Cl)c1-c1ccc(C#CCOc2ccccc2)s1. The molecule has 1 aliphatic heterocycles. The Morgan fingerprint density at radius 2 is 1.87 bits per heavy atom. The lowest BCUT2D eigenvalue weighted by Crippen LogP contribution is -2.45. The van der Waals surface area contributed by atoms with Crippen LogP contribution < -0.4 is 10.2 Å². The molecule has 5 rings (SSSR count). The molecular formula is C29H26Cl2N4O2S. The first kappa shape index (κ1) is 26.3. The van der Waals surface area contributed by atoms with E-state index in [4.69, 9.17) is 33.0 Å². The van der Waals surface area contributed by atoms with Crippen LogP contribution in [0.1, 0.15) is 40.2 Å². The van der Waals surface area contributed by atoms with Crippen LogP contribution in [0.5, 0.6) is 5.75 Å². The Bertz CT molecular complexity index is 1500. The zero-order valence-electron chi connectivity index (χ0n) is 20.8. The molecular weight excluding hydrogens is 539 g/mol.